The Morgan fingerprint density at radius 2 is 2.00 bits per heavy atom. The first-order chi connectivity index (χ1) is 9.65. The van der Waals surface area contributed by atoms with Gasteiger partial charge in [0.1, 0.15) is 0 Å². The topological polar surface area (TPSA) is 68.2 Å². The van der Waals surface area contributed by atoms with Crippen LogP contribution in [-0.4, -0.2) is 16.4 Å². The van der Waals surface area contributed by atoms with Crippen LogP contribution in [0.5, 0.6) is 0 Å². The highest BCUT2D eigenvalue weighted by atomic mass is 35.5. The highest BCUT2D eigenvalue weighted by Gasteiger charge is 2.19. The number of fused-ring (bicyclic) bond motifs is 1. The monoisotopic (exact) mass is 304 g/mol. The van der Waals surface area contributed by atoms with Crippen LogP contribution in [-0.2, 0) is 19.5 Å². The minimum atomic E-state index is 0. The minimum absolute atomic E-state index is 0. The molecule has 1 aromatic carbocycles. The van der Waals surface area contributed by atoms with Crippen molar-refractivity contribution in [2.24, 2.45) is 0 Å². The second-order valence-corrected chi connectivity index (χ2v) is 5.42. The van der Waals surface area contributed by atoms with Gasteiger partial charge in [-0.2, -0.15) is 0 Å². The predicted octanol–water partition coefficient (Wildman–Crippen LogP) is 2.53. The average Bonchev–Trinajstić information content (AvgIpc) is 2.45. The molecule has 3 rings (SSSR count). The highest BCUT2D eigenvalue weighted by Crippen LogP contribution is 2.25. The summed E-state index contributed by atoms with van der Waals surface area (Å²) in [5.74, 6) is 0. The van der Waals surface area contributed by atoms with Crippen molar-refractivity contribution in [2.45, 2.75) is 26.4 Å². The summed E-state index contributed by atoms with van der Waals surface area (Å²) in [5.41, 5.74) is 18.5. The van der Waals surface area contributed by atoms with E-state index in [1.807, 2.05) is 25.1 Å². The van der Waals surface area contributed by atoms with Crippen molar-refractivity contribution in [3.05, 3.63) is 52.8 Å². The van der Waals surface area contributed by atoms with E-state index >= 15 is 0 Å². The molecule has 112 valence electrons. The molecule has 4 N–H and O–H groups in total. The molecule has 0 aliphatic carbocycles. The molecule has 1 aliphatic rings. The van der Waals surface area contributed by atoms with Gasteiger partial charge in [0.2, 0.25) is 0 Å². The molecule has 1 aliphatic heterocycles. The van der Waals surface area contributed by atoms with E-state index in [-0.39, 0.29) is 12.4 Å². The molecule has 0 amide bonds. The molecule has 0 spiro atoms. The van der Waals surface area contributed by atoms with Gasteiger partial charge < -0.3 is 11.5 Å². The lowest BCUT2D eigenvalue weighted by molar-refractivity contribution is 0.243. The lowest BCUT2D eigenvalue weighted by Gasteiger charge is -2.29. The fraction of sp³-hybridized carbons (Fsp3) is 0.312. The smallest absolute Gasteiger partial charge is 0.0593 e. The largest absolute Gasteiger partial charge is 0.398 e. The molecule has 2 aromatic rings. The molecular formula is C16H21ClN4. The number of rotatable bonds is 2. The Hall–Kier alpha value is -1.78. The van der Waals surface area contributed by atoms with Gasteiger partial charge >= 0.3 is 0 Å². The van der Waals surface area contributed by atoms with Crippen molar-refractivity contribution in [3.63, 3.8) is 0 Å². The number of benzene rings is 1. The second-order valence-electron chi connectivity index (χ2n) is 5.42. The van der Waals surface area contributed by atoms with Gasteiger partial charge in [0.15, 0.2) is 0 Å². The number of nitrogen functional groups attached to an aromatic ring is 2. The second kappa shape index (κ2) is 6.33. The van der Waals surface area contributed by atoms with Crippen LogP contribution >= 0.6 is 12.4 Å². The number of nitrogens with two attached hydrogens (primary N) is 2. The van der Waals surface area contributed by atoms with E-state index < -0.39 is 0 Å². The van der Waals surface area contributed by atoms with Crippen molar-refractivity contribution in [2.75, 3.05) is 18.0 Å². The normalized spacial score (nSPS) is 14.3. The van der Waals surface area contributed by atoms with Crippen molar-refractivity contribution in [1.82, 2.24) is 9.88 Å². The summed E-state index contributed by atoms with van der Waals surface area (Å²) in [4.78, 5) is 6.84. The molecule has 1 aromatic heterocycles. The summed E-state index contributed by atoms with van der Waals surface area (Å²) in [6.45, 7) is 4.78. The van der Waals surface area contributed by atoms with Crippen LogP contribution in [0, 0.1) is 6.92 Å². The van der Waals surface area contributed by atoms with Gasteiger partial charge in [-0.05, 0) is 42.2 Å². The molecule has 5 heteroatoms. The zero-order valence-electron chi connectivity index (χ0n) is 12.2. The van der Waals surface area contributed by atoms with Gasteiger partial charge in [-0.1, -0.05) is 12.1 Å². The lowest BCUT2D eigenvalue weighted by Crippen LogP contribution is -2.31. The number of halogens is 1. The fourth-order valence-corrected chi connectivity index (χ4v) is 2.76. The fourth-order valence-electron chi connectivity index (χ4n) is 2.76. The summed E-state index contributed by atoms with van der Waals surface area (Å²) in [6.07, 6.45) is 2.83. The molecule has 0 atom stereocenters. The van der Waals surface area contributed by atoms with Crippen LogP contribution < -0.4 is 11.5 Å². The zero-order chi connectivity index (χ0) is 14.1. The molecular weight excluding hydrogens is 284 g/mol. The summed E-state index contributed by atoms with van der Waals surface area (Å²) < 4.78 is 0. The maximum absolute atomic E-state index is 6.09. The van der Waals surface area contributed by atoms with Crippen molar-refractivity contribution in [1.29, 1.82) is 0 Å². The molecule has 0 saturated heterocycles. The molecule has 0 bridgehead atoms. The summed E-state index contributed by atoms with van der Waals surface area (Å²) in [7, 11) is 0. The molecule has 2 heterocycles. The lowest BCUT2D eigenvalue weighted by atomic mass is 9.98. The number of aromatic nitrogens is 1. The quantitative estimate of drug-likeness (QED) is 0.837. The van der Waals surface area contributed by atoms with Gasteiger partial charge in [-0.3, -0.25) is 9.88 Å². The van der Waals surface area contributed by atoms with Crippen LogP contribution in [0.2, 0.25) is 0 Å². The van der Waals surface area contributed by atoms with E-state index in [1.165, 1.54) is 11.1 Å². The Morgan fingerprint density at radius 1 is 1.19 bits per heavy atom. The molecule has 0 saturated carbocycles. The summed E-state index contributed by atoms with van der Waals surface area (Å²) >= 11 is 0. The maximum Gasteiger partial charge on any atom is 0.0593 e. The van der Waals surface area contributed by atoms with Gasteiger partial charge in [-0.15, -0.1) is 12.4 Å². The van der Waals surface area contributed by atoms with Crippen LogP contribution in [0.3, 0.4) is 0 Å². The van der Waals surface area contributed by atoms with Gasteiger partial charge in [0, 0.05) is 37.2 Å². The number of hydrogen-bond acceptors (Lipinski definition) is 4. The Balaban J connectivity index is 0.00000161. The summed E-state index contributed by atoms with van der Waals surface area (Å²) in [5, 5.41) is 0. The third-order valence-electron chi connectivity index (χ3n) is 4.11. The van der Waals surface area contributed by atoms with Crippen LogP contribution in [0.15, 0.2) is 30.5 Å². The number of anilines is 2. The van der Waals surface area contributed by atoms with Crippen molar-refractivity contribution >= 4 is 23.8 Å². The third-order valence-corrected chi connectivity index (χ3v) is 4.11. The van der Waals surface area contributed by atoms with E-state index in [1.54, 1.807) is 6.20 Å². The molecule has 0 radical (unpaired) electrons. The van der Waals surface area contributed by atoms with E-state index in [0.29, 0.717) is 0 Å². The maximum atomic E-state index is 6.09. The Labute approximate surface area is 131 Å². The molecule has 0 fully saturated rings. The van der Waals surface area contributed by atoms with E-state index in [4.69, 9.17) is 11.5 Å². The minimum Gasteiger partial charge on any atom is -0.398 e. The first-order valence-corrected chi connectivity index (χ1v) is 6.93. The van der Waals surface area contributed by atoms with Crippen LogP contribution in [0.1, 0.15) is 22.4 Å². The number of nitrogens with zero attached hydrogens (tertiary/aromatic N) is 2. The predicted molar refractivity (Wildman–Crippen MR) is 89.3 cm³/mol. The SMILES string of the molecule is Cc1c(N)ccnc1CN1CCc2cccc(N)c2C1.Cl. The first-order valence-electron chi connectivity index (χ1n) is 6.93. The summed E-state index contributed by atoms with van der Waals surface area (Å²) in [6, 6.07) is 8.04. The van der Waals surface area contributed by atoms with Gasteiger partial charge in [-0.25, -0.2) is 0 Å². The third kappa shape index (κ3) is 3.12. The van der Waals surface area contributed by atoms with E-state index in [9.17, 15) is 0 Å². The average molecular weight is 305 g/mol. The number of hydrogen-bond donors (Lipinski definition) is 2. The number of pyridine rings is 1. The van der Waals surface area contributed by atoms with Gasteiger partial charge in [0.05, 0.1) is 5.69 Å². The Morgan fingerprint density at radius 3 is 2.81 bits per heavy atom. The Kier molecular flexibility index (Phi) is 4.70. The Bertz CT molecular complexity index is 642. The van der Waals surface area contributed by atoms with Crippen LogP contribution in [0.4, 0.5) is 11.4 Å². The van der Waals surface area contributed by atoms with E-state index in [2.05, 4.69) is 16.0 Å². The van der Waals surface area contributed by atoms with Crippen LogP contribution in [0.25, 0.3) is 0 Å². The molecule has 4 nitrogen and oxygen atoms in total. The van der Waals surface area contributed by atoms with E-state index in [0.717, 1.165) is 48.7 Å². The van der Waals surface area contributed by atoms with Crippen molar-refractivity contribution in [3.8, 4) is 0 Å². The van der Waals surface area contributed by atoms with Crippen molar-refractivity contribution < 1.29 is 0 Å². The standard InChI is InChI=1S/C16H20N4.ClH/c1-11-14(17)5-7-19-16(11)10-20-8-6-12-3-2-4-15(18)13(12)9-20;/h2-5,7H,6,8-10,18H2,1H3,(H2,17,19);1H. The molecule has 0 unspecified atom stereocenters. The first kappa shape index (κ1) is 15.6. The van der Waals surface area contributed by atoms with Gasteiger partial charge in [0.25, 0.3) is 0 Å². The molecule has 21 heavy (non-hydrogen) atoms. The zero-order valence-corrected chi connectivity index (χ0v) is 13.0. The highest BCUT2D eigenvalue weighted by molar-refractivity contribution is 5.85.